The average Bonchev–Trinajstić information content (AvgIpc) is 2.28. The average molecular weight is 191 g/mol. The highest BCUT2D eigenvalue weighted by atomic mass is 35.5. The largest absolute Gasteiger partial charge is 0.271 e. The topological polar surface area (TPSA) is 17.8 Å². The normalized spacial score (nSPS) is 10.5. The minimum atomic E-state index is 0.740. The third-order valence-corrected chi connectivity index (χ3v) is 2.12. The van der Waals surface area contributed by atoms with Gasteiger partial charge in [0.25, 0.3) is 0 Å². The summed E-state index contributed by atoms with van der Waals surface area (Å²) in [6.07, 6.45) is 2.88. The van der Waals surface area contributed by atoms with E-state index in [0.717, 1.165) is 29.4 Å². The van der Waals surface area contributed by atoms with E-state index < -0.39 is 0 Å². The van der Waals surface area contributed by atoms with E-state index in [0.29, 0.717) is 0 Å². The molecule has 0 saturated carbocycles. The highest BCUT2D eigenvalue weighted by Gasteiger charge is 1.99. The molecule has 1 rings (SSSR count). The maximum Gasteiger partial charge on any atom is 0.0814 e. The molecule has 4 heteroatoms. The molecule has 62 valence electrons. The van der Waals surface area contributed by atoms with Gasteiger partial charge < -0.3 is 0 Å². The van der Waals surface area contributed by atoms with Crippen molar-refractivity contribution in [1.82, 2.24) is 9.78 Å². The zero-order valence-electron chi connectivity index (χ0n) is 6.42. The summed E-state index contributed by atoms with van der Waals surface area (Å²) in [5.74, 6) is 0.885. The van der Waals surface area contributed by atoms with Crippen molar-refractivity contribution in [3.8, 4) is 0 Å². The van der Waals surface area contributed by atoms with E-state index in [2.05, 4.69) is 17.7 Å². The lowest BCUT2D eigenvalue weighted by atomic mass is 10.5. The van der Waals surface area contributed by atoms with Crippen LogP contribution in [-0.2, 0) is 6.54 Å². The molecule has 2 nitrogen and oxygen atoms in total. The quantitative estimate of drug-likeness (QED) is 0.724. The van der Waals surface area contributed by atoms with Gasteiger partial charge in [-0.15, -0.1) is 0 Å². The molecule has 11 heavy (non-hydrogen) atoms. The van der Waals surface area contributed by atoms with Gasteiger partial charge in [-0.05, 0) is 19.1 Å². The second-order valence-corrected chi connectivity index (χ2v) is 3.26. The summed E-state index contributed by atoms with van der Waals surface area (Å²) in [5, 5.41) is 4.94. The zero-order valence-corrected chi connectivity index (χ0v) is 8.07. The van der Waals surface area contributed by atoms with E-state index in [1.54, 1.807) is 0 Å². The van der Waals surface area contributed by atoms with Crippen LogP contribution in [0.25, 0.3) is 0 Å². The van der Waals surface area contributed by atoms with Crippen molar-refractivity contribution in [3.63, 3.8) is 0 Å². The third-order valence-electron chi connectivity index (χ3n) is 1.43. The molecule has 1 aromatic rings. The highest BCUT2D eigenvalue weighted by molar-refractivity contribution is 7.80. The van der Waals surface area contributed by atoms with Crippen LogP contribution in [0.15, 0.2) is 6.20 Å². The van der Waals surface area contributed by atoms with Crippen molar-refractivity contribution in [2.24, 2.45) is 0 Å². The molecule has 0 fully saturated rings. The summed E-state index contributed by atoms with van der Waals surface area (Å²) in [6, 6.07) is 0. The Morgan fingerprint density at radius 1 is 1.73 bits per heavy atom. The SMILES string of the molecule is Cc1nn(CCCS)cc1Cl. The molecule has 0 N–H and O–H groups in total. The van der Waals surface area contributed by atoms with Crippen LogP contribution in [0.3, 0.4) is 0 Å². The van der Waals surface area contributed by atoms with Crippen LogP contribution in [0.1, 0.15) is 12.1 Å². The molecular formula is C7H11ClN2S. The van der Waals surface area contributed by atoms with Crippen molar-refractivity contribution < 1.29 is 0 Å². The van der Waals surface area contributed by atoms with Crippen LogP contribution in [-0.4, -0.2) is 15.5 Å². The molecule has 0 aliphatic rings. The lowest BCUT2D eigenvalue weighted by molar-refractivity contribution is 0.602. The van der Waals surface area contributed by atoms with E-state index in [4.69, 9.17) is 11.6 Å². The lowest BCUT2D eigenvalue weighted by Gasteiger charge is -1.96. The monoisotopic (exact) mass is 190 g/mol. The molecule has 1 aromatic heterocycles. The van der Waals surface area contributed by atoms with Crippen LogP contribution in [0.5, 0.6) is 0 Å². The maximum absolute atomic E-state index is 5.81. The van der Waals surface area contributed by atoms with Crippen LogP contribution in [0.4, 0.5) is 0 Å². The Bertz CT molecular complexity index is 215. The Morgan fingerprint density at radius 3 is 2.91 bits per heavy atom. The first-order valence-corrected chi connectivity index (χ1v) is 4.55. The Balaban J connectivity index is 2.58. The molecule has 0 amide bonds. The fraction of sp³-hybridized carbons (Fsp3) is 0.571. The smallest absolute Gasteiger partial charge is 0.0814 e. The summed E-state index contributed by atoms with van der Waals surface area (Å²) >= 11 is 9.92. The Morgan fingerprint density at radius 2 is 2.45 bits per heavy atom. The molecular weight excluding hydrogens is 180 g/mol. The van der Waals surface area contributed by atoms with Crippen LogP contribution in [0.2, 0.25) is 5.02 Å². The summed E-state index contributed by atoms with van der Waals surface area (Å²) in [7, 11) is 0. The van der Waals surface area contributed by atoms with Gasteiger partial charge in [0, 0.05) is 12.7 Å². The third kappa shape index (κ3) is 2.42. The van der Waals surface area contributed by atoms with Gasteiger partial charge in [-0.2, -0.15) is 17.7 Å². The highest BCUT2D eigenvalue weighted by Crippen LogP contribution is 2.11. The molecule has 0 aliphatic heterocycles. The van der Waals surface area contributed by atoms with E-state index in [1.165, 1.54) is 0 Å². The van der Waals surface area contributed by atoms with Gasteiger partial charge >= 0.3 is 0 Å². The number of halogens is 1. The molecule has 0 radical (unpaired) electrons. The second-order valence-electron chi connectivity index (χ2n) is 2.40. The standard InChI is InChI=1S/C7H11ClN2S/c1-6-7(8)5-10(9-6)3-2-4-11/h5,11H,2-4H2,1H3. The minimum Gasteiger partial charge on any atom is -0.271 e. The lowest BCUT2D eigenvalue weighted by Crippen LogP contribution is -1.98. The van der Waals surface area contributed by atoms with Gasteiger partial charge in [-0.25, -0.2) is 0 Å². The van der Waals surface area contributed by atoms with Crippen molar-refractivity contribution in [2.45, 2.75) is 19.9 Å². The number of aryl methyl sites for hydroxylation is 2. The molecule has 0 spiro atoms. The van der Waals surface area contributed by atoms with Gasteiger partial charge in [0.15, 0.2) is 0 Å². The fourth-order valence-corrected chi connectivity index (χ4v) is 1.13. The number of aromatic nitrogens is 2. The van der Waals surface area contributed by atoms with Gasteiger partial charge in [-0.1, -0.05) is 11.6 Å². The van der Waals surface area contributed by atoms with E-state index in [9.17, 15) is 0 Å². The first-order chi connectivity index (χ1) is 5.24. The van der Waals surface area contributed by atoms with Gasteiger partial charge in [0.2, 0.25) is 0 Å². The van der Waals surface area contributed by atoms with Crippen molar-refractivity contribution in [2.75, 3.05) is 5.75 Å². The summed E-state index contributed by atoms with van der Waals surface area (Å²) in [5.41, 5.74) is 0.894. The van der Waals surface area contributed by atoms with Crippen LogP contribution >= 0.6 is 24.2 Å². The summed E-state index contributed by atoms with van der Waals surface area (Å²) in [6.45, 7) is 2.80. The molecule has 0 unspecified atom stereocenters. The zero-order chi connectivity index (χ0) is 8.27. The fourth-order valence-electron chi connectivity index (χ4n) is 0.841. The van der Waals surface area contributed by atoms with E-state index in [-0.39, 0.29) is 0 Å². The predicted molar refractivity (Wildman–Crippen MR) is 50.4 cm³/mol. The van der Waals surface area contributed by atoms with Gasteiger partial charge in [-0.3, -0.25) is 4.68 Å². The second kappa shape index (κ2) is 4.02. The minimum absolute atomic E-state index is 0.740. The Hall–Kier alpha value is -0.150. The molecule has 0 bridgehead atoms. The van der Waals surface area contributed by atoms with E-state index in [1.807, 2.05) is 17.8 Å². The molecule has 1 heterocycles. The number of thiol groups is 1. The first kappa shape index (κ1) is 8.94. The van der Waals surface area contributed by atoms with Crippen LogP contribution in [0, 0.1) is 6.92 Å². The Labute approximate surface area is 77.0 Å². The number of hydrogen-bond acceptors (Lipinski definition) is 2. The molecule has 0 atom stereocenters. The van der Waals surface area contributed by atoms with Gasteiger partial charge in [0.1, 0.15) is 0 Å². The number of nitrogens with zero attached hydrogens (tertiary/aromatic N) is 2. The number of rotatable bonds is 3. The summed E-state index contributed by atoms with van der Waals surface area (Å²) < 4.78 is 1.86. The van der Waals surface area contributed by atoms with Crippen molar-refractivity contribution >= 4 is 24.2 Å². The molecule has 0 aliphatic carbocycles. The number of hydrogen-bond donors (Lipinski definition) is 1. The van der Waals surface area contributed by atoms with E-state index >= 15 is 0 Å². The predicted octanol–water partition coefficient (Wildman–Crippen LogP) is 2.16. The summed E-state index contributed by atoms with van der Waals surface area (Å²) in [4.78, 5) is 0. The molecule has 0 saturated heterocycles. The first-order valence-electron chi connectivity index (χ1n) is 3.54. The van der Waals surface area contributed by atoms with Crippen molar-refractivity contribution in [3.05, 3.63) is 16.9 Å². The maximum atomic E-state index is 5.81. The van der Waals surface area contributed by atoms with Gasteiger partial charge in [0.05, 0.1) is 10.7 Å². The molecule has 0 aromatic carbocycles. The van der Waals surface area contributed by atoms with Crippen molar-refractivity contribution in [1.29, 1.82) is 0 Å². The van der Waals surface area contributed by atoms with Crippen LogP contribution < -0.4 is 0 Å². The Kier molecular flexibility index (Phi) is 3.27.